The second-order valence-corrected chi connectivity index (χ2v) is 4.99. The van der Waals surface area contributed by atoms with Crippen molar-refractivity contribution < 1.29 is 13.2 Å². The van der Waals surface area contributed by atoms with E-state index in [1.165, 1.54) is 0 Å². The molecule has 0 radical (unpaired) electrons. The minimum atomic E-state index is -1.14. The number of hydrogen-bond donors (Lipinski definition) is 1. The summed E-state index contributed by atoms with van der Waals surface area (Å²) in [6.45, 7) is 6.78. The zero-order valence-corrected chi connectivity index (χ0v) is 11.8. The van der Waals surface area contributed by atoms with Crippen LogP contribution in [0.1, 0.15) is 51.6 Å². The smallest absolute Gasteiger partial charge is 0.161 e. The van der Waals surface area contributed by atoms with Crippen molar-refractivity contribution in [1.29, 1.82) is 0 Å². The van der Waals surface area contributed by atoms with E-state index in [0.717, 1.165) is 31.9 Å². The largest absolute Gasteiger partial charge is 0.310 e. The van der Waals surface area contributed by atoms with Crippen LogP contribution in [0, 0.1) is 23.4 Å². The fourth-order valence-corrected chi connectivity index (χ4v) is 2.32. The molecule has 0 amide bonds. The van der Waals surface area contributed by atoms with Gasteiger partial charge in [0, 0.05) is 17.7 Å². The van der Waals surface area contributed by atoms with Gasteiger partial charge in [-0.05, 0) is 31.4 Å². The third kappa shape index (κ3) is 4.23. The lowest BCUT2D eigenvalue weighted by Gasteiger charge is -2.26. The van der Waals surface area contributed by atoms with Crippen LogP contribution in [-0.2, 0) is 0 Å². The van der Waals surface area contributed by atoms with Crippen LogP contribution in [0.4, 0.5) is 13.2 Å². The highest BCUT2D eigenvalue weighted by Crippen LogP contribution is 2.29. The highest BCUT2D eigenvalue weighted by molar-refractivity contribution is 5.24. The Bertz CT molecular complexity index is 407. The van der Waals surface area contributed by atoms with E-state index in [0.29, 0.717) is 6.07 Å². The van der Waals surface area contributed by atoms with Gasteiger partial charge in [-0.1, -0.05) is 27.2 Å². The number of nitrogens with one attached hydrogen (secondary N) is 1. The summed E-state index contributed by atoms with van der Waals surface area (Å²) in [5.74, 6) is -2.66. The molecule has 0 spiro atoms. The van der Waals surface area contributed by atoms with Crippen LogP contribution in [0.2, 0.25) is 0 Å². The zero-order chi connectivity index (χ0) is 14.4. The van der Waals surface area contributed by atoms with Crippen molar-refractivity contribution >= 4 is 0 Å². The number of rotatable bonds is 7. The van der Waals surface area contributed by atoms with E-state index in [4.69, 9.17) is 0 Å². The summed E-state index contributed by atoms with van der Waals surface area (Å²) in [7, 11) is 0. The minimum Gasteiger partial charge on any atom is -0.310 e. The van der Waals surface area contributed by atoms with Gasteiger partial charge in [-0.2, -0.15) is 0 Å². The molecule has 0 aliphatic heterocycles. The Morgan fingerprint density at radius 2 is 1.63 bits per heavy atom. The average molecular weight is 273 g/mol. The fourth-order valence-electron chi connectivity index (χ4n) is 2.32. The monoisotopic (exact) mass is 273 g/mol. The normalized spacial score (nSPS) is 14.4. The molecule has 19 heavy (non-hydrogen) atoms. The maximum absolute atomic E-state index is 13.9. The van der Waals surface area contributed by atoms with Crippen LogP contribution in [-0.4, -0.2) is 6.54 Å². The van der Waals surface area contributed by atoms with Gasteiger partial charge < -0.3 is 5.32 Å². The summed E-state index contributed by atoms with van der Waals surface area (Å²) >= 11 is 0. The van der Waals surface area contributed by atoms with Crippen LogP contribution in [0.3, 0.4) is 0 Å². The van der Waals surface area contributed by atoms with Gasteiger partial charge >= 0.3 is 0 Å². The van der Waals surface area contributed by atoms with Gasteiger partial charge in [0.2, 0.25) is 0 Å². The van der Waals surface area contributed by atoms with E-state index < -0.39 is 17.5 Å². The van der Waals surface area contributed by atoms with E-state index in [2.05, 4.69) is 12.2 Å². The van der Waals surface area contributed by atoms with Crippen LogP contribution in [0.5, 0.6) is 0 Å². The van der Waals surface area contributed by atoms with E-state index in [1.807, 2.05) is 13.8 Å². The van der Waals surface area contributed by atoms with Crippen LogP contribution in [0.15, 0.2) is 12.1 Å². The van der Waals surface area contributed by atoms with Gasteiger partial charge in [-0.3, -0.25) is 0 Å². The summed E-state index contributed by atoms with van der Waals surface area (Å²) in [4.78, 5) is 0. The van der Waals surface area contributed by atoms with Gasteiger partial charge in [0.15, 0.2) is 11.6 Å². The summed E-state index contributed by atoms with van der Waals surface area (Å²) in [5, 5.41) is 3.23. The molecular formula is C15H22F3N. The fraction of sp³-hybridized carbons (Fsp3) is 0.600. The maximum Gasteiger partial charge on any atom is 0.161 e. The molecule has 0 bridgehead atoms. The van der Waals surface area contributed by atoms with E-state index >= 15 is 0 Å². The molecule has 1 nitrogen and oxygen atoms in total. The first-order chi connectivity index (χ1) is 9.01. The first kappa shape index (κ1) is 16.0. The predicted molar refractivity (Wildman–Crippen MR) is 71.4 cm³/mol. The van der Waals surface area contributed by atoms with Crippen molar-refractivity contribution in [3.63, 3.8) is 0 Å². The molecule has 0 aliphatic carbocycles. The van der Waals surface area contributed by atoms with Gasteiger partial charge in [0.05, 0.1) is 0 Å². The van der Waals surface area contributed by atoms with Crippen molar-refractivity contribution in [2.75, 3.05) is 6.54 Å². The molecule has 0 fully saturated rings. The van der Waals surface area contributed by atoms with E-state index in [1.54, 1.807) is 0 Å². The molecule has 0 saturated heterocycles. The Balaban J connectivity index is 3.05. The van der Waals surface area contributed by atoms with E-state index in [-0.39, 0.29) is 17.5 Å². The lowest BCUT2D eigenvalue weighted by molar-refractivity contribution is 0.350. The summed E-state index contributed by atoms with van der Waals surface area (Å²) in [5.41, 5.74) is 0.216. The number of benzene rings is 1. The number of hydrogen-bond acceptors (Lipinski definition) is 1. The predicted octanol–water partition coefficient (Wildman–Crippen LogP) is 4.58. The molecule has 1 aromatic carbocycles. The molecule has 2 atom stereocenters. The highest BCUT2D eigenvalue weighted by atomic mass is 19.2. The lowest BCUT2D eigenvalue weighted by Crippen LogP contribution is -2.28. The third-order valence-corrected chi connectivity index (χ3v) is 3.30. The van der Waals surface area contributed by atoms with Crippen molar-refractivity contribution in [2.24, 2.45) is 5.92 Å². The topological polar surface area (TPSA) is 12.0 Å². The van der Waals surface area contributed by atoms with Crippen molar-refractivity contribution in [1.82, 2.24) is 5.32 Å². The average Bonchev–Trinajstić information content (AvgIpc) is 2.36. The molecule has 0 heterocycles. The van der Waals surface area contributed by atoms with Gasteiger partial charge in [-0.25, -0.2) is 13.2 Å². The standard InChI is InChI=1S/C15H22F3N/c1-4-6-10(3)15(19-7-5-2)11-8-13(17)14(18)9-12(11)16/h8-10,15,19H,4-7H2,1-3H3. The second-order valence-electron chi connectivity index (χ2n) is 4.99. The second kappa shape index (κ2) is 7.53. The Morgan fingerprint density at radius 1 is 1.00 bits per heavy atom. The lowest BCUT2D eigenvalue weighted by atomic mass is 9.90. The molecule has 1 N–H and O–H groups in total. The number of halogens is 3. The molecule has 1 rings (SSSR count). The Labute approximate surface area is 113 Å². The molecule has 2 unspecified atom stereocenters. The molecule has 0 saturated carbocycles. The first-order valence-electron chi connectivity index (χ1n) is 6.89. The van der Waals surface area contributed by atoms with Crippen LogP contribution < -0.4 is 5.32 Å². The molecule has 108 valence electrons. The maximum atomic E-state index is 13.9. The van der Waals surface area contributed by atoms with Gasteiger partial charge in [0.25, 0.3) is 0 Å². The summed E-state index contributed by atoms with van der Waals surface area (Å²) in [6.07, 6.45) is 2.78. The highest BCUT2D eigenvalue weighted by Gasteiger charge is 2.23. The third-order valence-electron chi connectivity index (χ3n) is 3.30. The quantitative estimate of drug-likeness (QED) is 0.717. The van der Waals surface area contributed by atoms with Crippen molar-refractivity contribution in [3.8, 4) is 0 Å². The van der Waals surface area contributed by atoms with Crippen LogP contribution >= 0.6 is 0 Å². The molecular weight excluding hydrogens is 251 g/mol. The van der Waals surface area contributed by atoms with Crippen LogP contribution in [0.25, 0.3) is 0 Å². The summed E-state index contributed by atoms with van der Waals surface area (Å²) < 4.78 is 40.2. The minimum absolute atomic E-state index is 0.163. The Kier molecular flexibility index (Phi) is 6.35. The van der Waals surface area contributed by atoms with Gasteiger partial charge in [-0.15, -0.1) is 0 Å². The van der Waals surface area contributed by atoms with E-state index in [9.17, 15) is 13.2 Å². The summed E-state index contributed by atoms with van der Waals surface area (Å²) in [6, 6.07) is 1.32. The molecule has 4 heteroatoms. The molecule has 0 aliphatic rings. The Morgan fingerprint density at radius 3 is 2.21 bits per heavy atom. The SMILES string of the molecule is CCCNC(c1cc(F)c(F)cc1F)C(C)CCC. The van der Waals surface area contributed by atoms with Gasteiger partial charge in [0.1, 0.15) is 5.82 Å². The first-order valence-corrected chi connectivity index (χ1v) is 6.89. The Hall–Kier alpha value is -1.03. The van der Waals surface area contributed by atoms with Crippen molar-refractivity contribution in [2.45, 2.75) is 46.1 Å². The van der Waals surface area contributed by atoms with Crippen molar-refractivity contribution in [3.05, 3.63) is 35.1 Å². The molecule has 0 aromatic heterocycles. The molecule has 1 aromatic rings. The zero-order valence-electron chi connectivity index (χ0n) is 11.8.